The Balaban J connectivity index is 1.87. The molecule has 0 radical (unpaired) electrons. The van der Waals surface area contributed by atoms with Crippen LogP contribution in [-0.2, 0) is 25.4 Å². The second-order valence-corrected chi connectivity index (χ2v) is 6.80. The molecule has 0 atom stereocenters. The number of halogens is 1. The van der Waals surface area contributed by atoms with Gasteiger partial charge in [0, 0.05) is 26.3 Å². The standard InChI is InChI=1S/C17H18FN5O3S/c1-4-23-13-14(21(2)17(26)22(3)15(13)25)20-16(23)27-9-12(24)19-11-7-5-10(18)6-8-11/h5-8H,4,9H2,1-3H3,(H,19,24). The minimum atomic E-state index is -0.459. The Morgan fingerprint density at radius 1 is 1.19 bits per heavy atom. The Kier molecular flexibility index (Phi) is 5.17. The molecule has 0 aliphatic rings. The maximum Gasteiger partial charge on any atom is 0.332 e. The topological polar surface area (TPSA) is 90.9 Å². The highest BCUT2D eigenvalue weighted by Crippen LogP contribution is 2.21. The van der Waals surface area contributed by atoms with Gasteiger partial charge < -0.3 is 9.88 Å². The molecule has 10 heteroatoms. The van der Waals surface area contributed by atoms with Crippen molar-refractivity contribution in [2.24, 2.45) is 14.1 Å². The van der Waals surface area contributed by atoms with E-state index in [-0.39, 0.29) is 23.1 Å². The lowest BCUT2D eigenvalue weighted by atomic mass is 10.3. The number of nitrogens with zero attached hydrogens (tertiary/aromatic N) is 4. The zero-order valence-corrected chi connectivity index (χ0v) is 15.8. The summed E-state index contributed by atoms with van der Waals surface area (Å²) in [6, 6.07) is 5.46. The van der Waals surface area contributed by atoms with E-state index in [1.807, 2.05) is 6.92 Å². The van der Waals surface area contributed by atoms with Gasteiger partial charge in [-0.25, -0.2) is 14.2 Å². The number of carbonyl (C=O) groups excluding carboxylic acids is 1. The molecule has 0 spiro atoms. The second-order valence-electron chi connectivity index (χ2n) is 5.86. The number of imidazole rings is 1. The normalized spacial score (nSPS) is 11.1. The molecule has 2 heterocycles. The molecule has 1 amide bonds. The van der Waals surface area contributed by atoms with Crippen molar-refractivity contribution in [2.75, 3.05) is 11.1 Å². The van der Waals surface area contributed by atoms with E-state index < -0.39 is 11.2 Å². The van der Waals surface area contributed by atoms with Gasteiger partial charge >= 0.3 is 5.69 Å². The highest BCUT2D eigenvalue weighted by Gasteiger charge is 2.19. The summed E-state index contributed by atoms with van der Waals surface area (Å²) in [5, 5.41) is 3.14. The van der Waals surface area contributed by atoms with Crippen LogP contribution < -0.4 is 16.6 Å². The van der Waals surface area contributed by atoms with Crippen molar-refractivity contribution >= 4 is 34.5 Å². The van der Waals surface area contributed by atoms with Crippen LogP contribution in [0.3, 0.4) is 0 Å². The van der Waals surface area contributed by atoms with Crippen LogP contribution in [0, 0.1) is 5.82 Å². The smallest absolute Gasteiger partial charge is 0.325 e. The molecule has 0 aliphatic heterocycles. The van der Waals surface area contributed by atoms with Gasteiger partial charge in [-0.1, -0.05) is 11.8 Å². The van der Waals surface area contributed by atoms with Crippen molar-refractivity contribution in [3.05, 3.63) is 50.9 Å². The number of fused-ring (bicyclic) bond motifs is 1. The molecule has 8 nitrogen and oxygen atoms in total. The molecule has 0 fully saturated rings. The van der Waals surface area contributed by atoms with Crippen LogP contribution in [0.4, 0.5) is 10.1 Å². The number of thioether (sulfide) groups is 1. The summed E-state index contributed by atoms with van der Waals surface area (Å²) >= 11 is 1.16. The average Bonchev–Trinajstić information content (AvgIpc) is 3.03. The van der Waals surface area contributed by atoms with Crippen molar-refractivity contribution < 1.29 is 9.18 Å². The van der Waals surface area contributed by atoms with Gasteiger partial charge in [0.05, 0.1) is 5.75 Å². The van der Waals surface area contributed by atoms with E-state index in [4.69, 9.17) is 0 Å². The first-order chi connectivity index (χ1) is 12.8. The van der Waals surface area contributed by atoms with E-state index in [1.165, 1.54) is 35.9 Å². The first kappa shape index (κ1) is 18.9. The van der Waals surface area contributed by atoms with Crippen molar-refractivity contribution in [1.29, 1.82) is 0 Å². The molecule has 3 rings (SSSR count). The van der Waals surface area contributed by atoms with Gasteiger partial charge in [0.15, 0.2) is 16.3 Å². The summed E-state index contributed by atoms with van der Waals surface area (Å²) in [6.07, 6.45) is 0. The Morgan fingerprint density at radius 3 is 2.48 bits per heavy atom. The number of benzene rings is 1. The first-order valence-corrected chi connectivity index (χ1v) is 9.16. The van der Waals surface area contributed by atoms with Crippen molar-refractivity contribution in [3.63, 3.8) is 0 Å². The van der Waals surface area contributed by atoms with Crippen LogP contribution >= 0.6 is 11.8 Å². The van der Waals surface area contributed by atoms with E-state index in [2.05, 4.69) is 10.3 Å². The molecule has 3 aromatic rings. The van der Waals surface area contributed by atoms with Gasteiger partial charge in [0.2, 0.25) is 5.91 Å². The first-order valence-electron chi connectivity index (χ1n) is 8.18. The van der Waals surface area contributed by atoms with Gasteiger partial charge in [-0.3, -0.25) is 18.7 Å². The van der Waals surface area contributed by atoms with E-state index >= 15 is 0 Å². The lowest BCUT2D eigenvalue weighted by molar-refractivity contribution is -0.113. The lowest BCUT2D eigenvalue weighted by Gasteiger charge is -2.07. The Hall–Kier alpha value is -2.88. The molecule has 0 bridgehead atoms. The largest absolute Gasteiger partial charge is 0.332 e. The molecular weight excluding hydrogens is 373 g/mol. The van der Waals surface area contributed by atoms with E-state index in [9.17, 15) is 18.8 Å². The number of aryl methyl sites for hydroxylation is 2. The third kappa shape index (κ3) is 3.52. The number of amides is 1. The van der Waals surface area contributed by atoms with Crippen LogP contribution in [0.2, 0.25) is 0 Å². The fourth-order valence-corrected chi connectivity index (χ4v) is 3.55. The summed E-state index contributed by atoms with van der Waals surface area (Å²) in [7, 11) is 2.97. The lowest BCUT2D eigenvalue weighted by Crippen LogP contribution is -2.37. The second kappa shape index (κ2) is 7.39. The molecule has 0 unspecified atom stereocenters. The number of aromatic nitrogens is 4. The van der Waals surface area contributed by atoms with Crippen LogP contribution in [0.5, 0.6) is 0 Å². The molecular formula is C17H18FN5O3S. The van der Waals surface area contributed by atoms with Gasteiger partial charge in [0.25, 0.3) is 5.56 Å². The molecule has 1 aromatic carbocycles. The average molecular weight is 391 g/mol. The fraction of sp³-hybridized carbons (Fsp3) is 0.294. The maximum absolute atomic E-state index is 12.9. The third-order valence-corrected chi connectivity index (χ3v) is 5.07. The SMILES string of the molecule is CCn1c(SCC(=O)Nc2ccc(F)cc2)nc2c1c(=O)n(C)c(=O)n2C. The molecule has 27 heavy (non-hydrogen) atoms. The number of rotatable bonds is 5. The van der Waals surface area contributed by atoms with Crippen molar-refractivity contribution in [1.82, 2.24) is 18.7 Å². The van der Waals surface area contributed by atoms with Crippen LogP contribution in [0.1, 0.15) is 6.92 Å². The number of nitrogens with one attached hydrogen (secondary N) is 1. The molecule has 2 aromatic heterocycles. The predicted octanol–water partition coefficient (Wildman–Crippen LogP) is 1.32. The monoisotopic (exact) mass is 391 g/mol. The molecule has 0 saturated carbocycles. The minimum Gasteiger partial charge on any atom is -0.325 e. The third-order valence-electron chi connectivity index (χ3n) is 4.09. The predicted molar refractivity (Wildman–Crippen MR) is 102 cm³/mol. The number of hydrogen-bond donors (Lipinski definition) is 1. The number of anilines is 1. The maximum atomic E-state index is 12.9. The molecule has 0 saturated heterocycles. The Labute approximate surface area is 157 Å². The minimum absolute atomic E-state index is 0.0506. The molecule has 1 N–H and O–H groups in total. The molecule has 142 valence electrons. The van der Waals surface area contributed by atoms with Crippen molar-refractivity contribution in [3.8, 4) is 0 Å². The van der Waals surface area contributed by atoms with Gasteiger partial charge in [-0.05, 0) is 31.2 Å². The summed E-state index contributed by atoms with van der Waals surface area (Å²) in [5.41, 5.74) is 0.209. The number of hydrogen-bond acceptors (Lipinski definition) is 5. The quantitative estimate of drug-likeness (QED) is 0.663. The van der Waals surface area contributed by atoms with E-state index in [0.717, 1.165) is 16.3 Å². The Bertz CT molecular complexity index is 1130. The highest BCUT2D eigenvalue weighted by atomic mass is 32.2. The van der Waals surface area contributed by atoms with E-state index in [0.29, 0.717) is 22.9 Å². The van der Waals surface area contributed by atoms with Crippen molar-refractivity contribution in [2.45, 2.75) is 18.6 Å². The number of carbonyl (C=O) groups is 1. The Morgan fingerprint density at radius 2 is 1.85 bits per heavy atom. The van der Waals surface area contributed by atoms with Gasteiger partial charge in [-0.2, -0.15) is 0 Å². The zero-order valence-electron chi connectivity index (χ0n) is 15.0. The fourth-order valence-electron chi connectivity index (χ4n) is 2.69. The van der Waals surface area contributed by atoms with Gasteiger partial charge in [0.1, 0.15) is 5.82 Å². The summed E-state index contributed by atoms with van der Waals surface area (Å²) in [5.74, 6) is -0.621. The zero-order chi connectivity index (χ0) is 19.7. The summed E-state index contributed by atoms with van der Waals surface area (Å²) in [6.45, 7) is 2.32. The molecule has 0 aliphatic carbocycles. The van der Waals surface area contributed by atoms with Crippen LogP contribution in [0.15, 0.2) is 39.0 Å². The highest BCUT2D eigenvalue weighted by molar-refractivity contribution is 7.99. The van der Waals surface area contributed by atoms with Crippen LogP contribution in [0.25, 0.3) is 11.2 Å². The summed E-state index contributed by atoms with van der Waals surface area (Å²) in [4.78, 5) is 41.1. The summed E-state index contributed by atoms with van der Waals surface area (Å²) < 4.78 is 17.0. The van der Waals surface area contributed by atoms with Crippen LogP contribution in [-0.4, -0.2) is 30.3 Å². The van der Waals surface area contributed by atoms with E-state index in [1.54, 1.807) is 11.6 Å². The van der Waals surface area contributed by atoms with Gasteiger partial charge in [-0.15, -0.1) is 0 Å².